The number of benzene rings is 7. The van der Waals surface area contributed by atoms with Crippen molar-refractivity contribution >= 4 is 57.5 Å². The number of thiocarbonyl (C=S) groups is 1. The van der Waals surface area contributed by atoms with Crippen LogP contribution in [0.5, 0.6) is 0 Å². The molecule has 2 aliphatic rings. The largest absolute Gasteiger partial charge is 0.350 e. The predicted octanol–water partition coefficient (Wildman–Crippen LogP) is 12.8. The van der Waals surface area contributed by atoms with Crippen LogP contribution in [0.15, 0.2) is 204 Å². The molecule has 5 nitrogen and oxygen atoms in total. The second kappa shape index (κ2) is 16.2. The molecule has 7 aromatic carbocycles. The SMILES string of the molecule is Clc1ccccc1-c1nc(-c2ccccc2)c(-c2ccccc2)n1C1(c2ccccc2Cl)N=C(c2ccccc2)C(c2ccccc2)=N1.S=C1Cc2ccccc2N1. The van der Waals surface area contributed by atoms with Crippen LogP contribution >= 0.6 is 35.4 Å². The average Bonchev–Trinajstić information content (AvgIpc) is 3.99. The first-order chi connectivity index (χ1) is 28.5. The van der Waals surface area contributed by atoms with E-state index in [-0.39, 0.29) is 0 Å². The van der Waals surface area contributed by atoms with Gasteiger partial charge in [-0.25, -0.2) is 15.0 Å². The lowest BCUT2D eigenvalue weighted by atomic mass is 10.0. The summed E-state index contributed by atoms with van der Waals surface area (Å²) in [6.07, 6.45) is 0.908. The molecule has 0 saturated carbocycles. The molecule has 0 aliphatic carbocycles. The van der Waals surface area contributed by atoms with E-state index in [1.807, 2.05) is 133 Å². The van der Waals surface area contributed by atoms with Crippen LogP contribution in [0.25, 0.3) is 33.9 Å². The van der Waals surface area contributed by atoms with Gasteiger partial charge in [0.2, 0.25) is 0 Å². The van der Waals surface area contributed by atoms with Crippen LogP contribution in [0, 0.1) is 0 Å². The summed E-state index contributed by atoms with van der Waals surface area (Å²) in [7, 11) is 0. The van der Waals surface area contributed by atoms with Crippen molar-refractivity contribution < 1.29 is 0 Å². The fraction of sp³-hybridized carbons (Fsp3) is 0.0400. The highest BCUT2D eigenvalue weighted by Crippen LogP contribution is 2.48. The molecule has 1 aromatic heterocycles. The van der Waals surface area contributed by atoms with Crippen molar-refractivity contribution in [3.8, 4) is 33.9 Å². The number of nitrogens with zero attached hydrogens (tertiary/aromatic N) is 4. The molecule has 0 saturated heterocycles. The molecule has 2 aliphatic heterocycles. The van der Waals surface area contributed by atoms with Gasteiger partial charge >= 0.3 is 0 Å². The fourth-order valence-corrected chi connectivity index (χ4v) is 8.23. The minimum absolute atomic E-state index is 0.533. The Balaban J connectivity index is 0.000000378. The summed E-state index contributed by atoms with van der Waals surface area (Å²) in [6, 6.07) is 64.6. The van der Waals surface area contributed by atoms with Gasteiger partial charge in [0.05, 0.1) is 37.8 Å². The monoisotopic (exact) mass is 807 g/mol. The Morgan fingerprint density at radius 1 is 0.517 bits per heavy atom. The Morgan fingerprint density at radius 3 is 1.57 bits per heavy atom. The standard InChI is InChI=1S/C42H28Cl2N4.C8H7NS/c43-35-27-15-13-25-33(35)41-45-39(31-21-9-3-10-22-31)40(32-23-11-4-12-24-32)48(41)42(34-26-14-16-28-36(34)44)46-37(29-17-5-1-6-18-29)38(47-42)30-19-7-2-8-20-30;10-8-5-6-3-1-2-4-7(6)9-8/h1-28H;1-4H,5H2,(H,9,10). The number of hydrogen-bond donors (Lipinski definition) is 1. The van der Waals surface area contributed by atoms with Crippen LogP contribution < -0.4 is 5.32 Å². The average molecular weight is 809 g/mol. The zero-order valence-corrected chi connectivity index (χ0v) is 33.5. The van der Waals surface area contributed by atoms with Gasteiger partial charge in [-0.15, -0.1) is 0 Å². The Hall–Kier alpha value is -6.44. The van der Waals surface area contributed by atoms with Crippen LogP contribution in [0.3, 0.4) is 0 Å². The van der Waals surface area contributed by atoms with Crippen LogP contribution in [0.4, 0.5) is 5.69 Å². The third-order valence-electron chi connectivity index (χ3n) is 10.1. The predicted molar refractivity (Wildman–Crippen MR) is 244 cm³/mol. The number of imidazole rings is 1. The number of para-hydroxylation sites is 1. The van der Waals surface area contributed by atoms with Gasteiger partial charge in [-0.1, -0.05) is 205 Å². The maximum atomic E-state index is 7.18. The summed E-state index contributed by atoms with van der Waals surface area (Å²) in [5.74, 6) is -0.790. The molecule has 0 unspecified atom stereocenters. The molecule has 0 atom stereocenters. The number of nitrogens with one attached hydrogen (secondary N) is 1. The van der Waals surface area contributed by atoms with E-state index in [9.17, 15) is 0 Å². The number of halogens is 2. The topological polar surface area (TPSA) is 54.6 Å². The molecule has 1 N–H and O–H groups in total. The minimum Gasteiger partial charge on any atom is -0.350 e. The van der Waals surface area contributed by atoms with Crippen molar-refractivity contribution in [1.82, 2.24) is 9.55 Å². The van der Waals surface area contributed by atoms with Gasteiger partial charge in [0, 0.05) is 45.5 Å². The van der Waals surface area contributed by atoms with Gasteiger partial charge < -0.3 is 5.32 Å². The summed E-state index contributed by atoms with van der Waals surface area (Å²) in [5.41, 5.74) is 10.9. The van der Waals surface area contributed by atoms with E-state index in [4.69, 9.17) is 50.4 Å². The molecule has 0 fully saturated rings. The zero-order chi connectivity index (χ0) is 39.5. The normalized spacial score (nSPS) is 13.8. The number of rotatable bonds is 7. The van der Waals surface area contributed by atoms with Crippen molar-refractivity contribution in [2.75, 3.05) is 5.32 Å². The van der Waals surface area contributed by atoms with Crippen LogP contribution in [-0.4, -0.2) is 26.0 Å². The molecule has 58 heavy (non-hydrogen) atoms. The second-order valence-corrected chi connectivity index (χ2v) is 15.1. The van der Waals surface area contributed by atoms with Crippen molar-refractivity contribution in [2.24, 2.45) is 9.98 Å². The summed E-state index contributed by atoms with van der Waals surface area (Å²) in [4.78, 5) is 17.7. The van der Waals surface area contributed by atoms with E-state index in [1.54, 1.807) is 0 Å². The molecular formula is C50H35Cl2N5S. The number of aromatic nitrogens is 2. The number of hydrogen-bond acceptors (Lipinski definition) is 4. The lowest BCUT2D eigenvalue weighted by Gasteiger charge is -2.30. The van der Waals surface area contributed by atoms with Crippen molar-refractivity contribution in [1.29, 1.82) is 0 Å². The number of aliphatic imine (C=N–C) groups is 2. The molecule has 3 heterocycles. The Kier molecular flexibility index (Phi) is 10.4. The first-order valence-electron chi connectivity index (χ1n) is 18.9. The van der Waals surface area contributed by atoms with Crippen molar-refractivity contribution in [3.63, 3.8) is 0 Å². The Morgan fingerprint density at radius 2 is 1.00 bits per heavy atom. The minimum atomic E-state index is -1.41. The summed E-state index contributed by atoms with van der Waals surface area (Å²) >= 11 is 19.2. The van der Waals surface area contributed by atoms with Crippen LogP contribution in [-0.2, 0) is 12.2 Å². The lowest BCUT2D eigenvalue weighted by molar-refractivity contribution is 0.409. The number of fused-ring (bicyclic) bond motifs is 1. The Bertz CT molecular complexity index is 2740. The highest BCUT2D eigenvalue weighted by atomic mass is 35.5. The fourth-order valence-electron chi connectivity index (χ4n) is 7.48. The zero-order valence-electron chi connectivity index (χ0n) is 31.1. The van der Waals surface area contributed by atoms with Crippen LogP contribution in [0.2, 0.25) is 10.0 Å². The molecule has 0 bridgehead atoms. The van der Waals surface area contributed by atoms with E-state index < -0.39 is 5.79 Å². The van der Waals surface area contributed by atoms with Gasteiger partial charge in [-0.05, 0) is 29.8 Å². The van der Waals surface area contributed by atoms with Gasteiger partial charge in [-0.3, -0.25) is 4.57 Å². The van der Waals surface area contributed by atoms with Crippen LogP contribution in [0.1, 0.15) is 22.3 Å². The van der Waals surface area contributed by atoms with Gasteiger partial charge in [0.15, 0.2) is 0 Å². The highest BCUT2D eigenvalue weighted by Gasteiger charge is 2.46. The third-order valence-corrected chi connectivity index (χ3v) is 11.0. The van der Waals surface area contributed by atoms with E-state index in [0.29, 0.717) is 21.4 Å². The third kappa shape index (κ3) is 7.07. The van der Waals surface area contributed by atoms with E-state index >= 15 is 0 Å². The summed E-state index contributed by atoms with van der Waals surface area (Å²) in [5, 5.41) is 4.23. The molecule has 0 amide bonds. The smallest absolute Gasteiger partial charge is 0.263 e. The maximum absolute atomic E-state index is 7.18. The first-order valence-corrected chi connectivity index (χ1v) is 20.1. The first kappa shape index (κ1) is 37.2. The van der Waals surface area contributed by atoms with Crippen molar-refractivity contribution in [2.45, 2.75) is 12.2 Å². The molecule has 0 radical (unpaired) electrons. The number of anilines is 1. The second-order valence-electron chi connectivity index (χ2n) is 13.8. The molecule has 10 rings (SSSR count). The highest BCUT2D eigenvalue weighted by molar-refractivity contribution is 7.80. The molecule has 280 valence electrons. The van der Waals surface area contributed by atoms with E-state index in [0.717, 1.165) is 62.0 Å². The molecule has 8 heteroatoms. The molecule has 8 aromatic rings. The van der Waals surface area contributed by atoms with E-state index in [1.165, 1.54) is 11.3 Å². The van der Waals surface area contributed by atoms with Gasteiger partial charge in [0.25, 0.3) is 5.79 Å². The maximum Gasteiger partial charge on any atom is 0.263 e. The lowest BCUT2D eigenvalue weighted by Crippen LogP contribution is -2.31. The van der Waals surface area contributed by atoms with Crippen molar-refractivity contribution in [3.05, 3.63) is 226 Å². The molecular weight excluding hydrogens is 774 g/mol. The quantitative estimate of drug-likeness (QED) is 0.163. The summed E-state index contributed by atoms with van der Waals surface area (Å²) in [6.45, 7) is 0. The van der Waals surface area contributed by atoms with Gasteiger partial charge in [-0.2, -0.15) is 0 Å². The van der Waals surface area contributed by atoms with Gasteiger partial charge in [0.1, 0.15) is 5.82 Å². The van der Waals surface area contributed by atoms with E-state index in [2.05, 4.69) is 70.5 Å². The molecule has 0 spiro atoms. The Labute approximate surface area is 353 Å². The summed E-state index contributed by atoms with van der Waals surface area (Å²) < 4.78 is 2.13.